The summed E-state index contributed by atoms with van der Waals surface area (Å²) in [4.78, 5) is 22.4. The molecule has 0 amide bonds. The number of thiazole rings is 1. The molecule has 0 unspecified atom stereocenters. The van der Waals surface area contributed by atoms with Gasteiger partial charge in [-0.3, -0.25) is 9.69 Å². The Kier molecular flexibility index (Phi) is 4.55. The fourth-order valence-corrected chi connectivity index (χ4v) is 4.36. The molecule has 3 aromatic rings. The van der Waals surface area contributed by atoms with Gasteiger partial charge in [-0.1, -0.05) is 6.42 Å². The molecule has 0 radical (unpaired) electrons. The smallest absolute Gasteiger partial charge is 0.252 e. The minimum atomic E-state index is -0.0128. The number of aromatic amines is 1. The Bertz CT molecular complexity index is 920. The van der Waals surface area contributed by atoms with E-state index in [1.54, 1.807) is 18.4 Å². The predicted octanol–water partition coefficient (Wildman–Crippen LogP) is 3.72. The molecule has 0 spiro atoms. The van der Waals surface area contributed by atoms with Gasteiger partial charge in [0, 0.05) is 34.6 Å². The number of ether oxygens (including phenoxy) is 1. The maximum Gasteiger partial charge on any atom is 0.252 e. The summed E-state index contributed by atoms with van der Waals surface area (Å²) in [6.45, 7) is 1.65. The SMILES string of the molecule is COc1ccc2[nH]c(=O)c(CN3CCCC[C@@H]3c3nccs3)cc2c1. The van der Waals surface area contributed by atoms with E-state index in [1.165, 1.54) is 12.8 Å². The van der Waals surface area contributed by atoms with Crippen LogP contribution in [0.3, 0.4) is 0 Å². The van der Waals surface area contributed by atoms with Crippen molar-refractivity contribution < 1.29 is 4.74 Å². The average molecular weight is 355 g/mol. The molecular formula is C19H21N3O2S. The highest BCUT2D eigenvalue weighted by molar-refractivity contribution is 7.09. The Morgan fingerprint density at radius 1 is 1.36 bits per heavy atom. The van der Waals surface area contributed by atoms with Crippen LogP contribution in [0, 0.1) is 0 Å². The Morgan fingerprint density at radius 3 is 3.08 bits per heavy atom. The molecule has 3 heterocycles. The fraction of sp³-hybridized carbons (Fsp3) is 0.368. The van der Waals surface area contributed by atoms with E-state index in [9.17, 15) is 4.79 Å². The summed E-state index contributed by atoms with van der Waals surface area (Å²) < 4.78 is 5.30. The lowest BCUT2D eigenvalue weighted by Crippen LogP contribution is -2.34. The number of likely N-dealkylation sites (tertiary alicyclic amines) is 1. The van der Waals surface area contributed by atoms with Crippen molar-refractivity contribution in [3.05, 3.63) is 56.8 Å². The number of rotatable bonds is 4. The van der Waals surface area contributed by atoms with Gasteiger partial charge >= 0.3 is 0 Å². The van der Waals surface area contributed by atoms with E-state index < -0.39 is 0 Å². The van der Waals surface area contributed by atoms with E-state index in [4.69, 9.17) is 4.74 Å². The normalized spacial score (nSPS) is 18.5. The molecule has 4 rings (SSSR count). The molecule has 0 bridgehead atoms. The summed E-state index contributed by atoms with van der Waals surface area (Å²) >= 11 is 1.70. The van der Waals surface area contributed by atoms with Crippen LogP contribution in [0.15, 0.2) is 40.6 Å². The monoisotopic (exact) mass is 355 g/mol. The number of hydrogen-bond acceptors (Lipinski definition) is 5. The first-order valence-corrected chi connectivity index (χ1v) is 9.46. The lowest BCUT2D eigenvalue weighted by atomic mass is 10.0. The Hall–Kier alpha value is -2.18. The molecule has 6 heteroatoms. The van der Waals surface area contributed by atoms with Gasteiger partial charge in [0.2, 0.25) is 0 Å². The van der Waals surface area contributed by atoms with Crippen LogP contribution >= 0.6 is 11.3 Å². The van der Waals surface area contributed by atoms with Crippen LogP contribution in [0.25, 0.3) is 10.9 Å². The highest BCUT2D eigenvalue weighted by atomic mass is 32.1. The topological polar surface area (TPSA) is 58.2 Å². The molecule has 1 aliphatic rings. The van der Waals surface area contributed by atoms with E-state index >= 15 is 0 Å². The van der Waals surface area contributed by atoms with Crippen molar-refractivity contribution in [3.63, 3.8) is 0 Å². The second-order valence-corrected chi connectivity index (χ2v) is 7.36. The minimum absolute atomic E-state index is 0.0128. The molecular weight excluding hydrogens is 334 g/mol. The number of benzene rings is 1. The zero-order valence-corrected chi connectivity index (χ0v) is 15.0. The third-order valence-corrected chi connectivity index (χ3v) is 5.73. The van der Waals surface area contributed by atoms with Crippen LogP contribution in [0.4, 0.5) is 0 Å². The maximum absolute atomic E-state index is 12.5. The molecule has 25 heavy (non-hydrogen) atoms. The van der Waals surface area contributed by atoms with Gasteiger partial charge < -0.3 is 9.72 Å². The number of aromatic nitrogens is 2. The van der Waals surface area contributed by atoms with Crippen LogP contribution in [0.1, 0.15) is 35.9 Å². The molecule has 5 nitrogen and oxygen atoms in total. The van der Waals surface area contributed by atoms with Crippen LogP contribution < -0.4 is 10.3 Å². The number of H-pyrrole nitrogens is 1. The van der Waals surface area contributed by atoms with E-state index in [0.717, 1.165) is 40.2 Å². The molecule has 1 aromatic carbocycles. The van der Waals surface area contributed by atoms with E-state index in [-0.39, 0.29) is 5.56 Å². The van der Waals surface area contributed by atoms with Crippen molar-refractivity contribution in [2.45, 2.75) is 31.8 Å². The number of methoxy groups -OCH3 is 1. The molecule has 0 saturated carbocycles. The maximum atomic E-state index is 12.5. The third kappa shape index (κ3) is 3.32. The Labute approximate surface area is 150 Å². The number of piperidine rings is 1. The van der Waals surface area contributed by atoms with Gasteiger partial charge in [0.15, 0.2) is 0 Å². The van der Waals surface area contributed by atoms with Crippen molar-refractivity contribution in [3.8, 4) is 5.75 Å². The zero-order valence-electron chi connectivity index (χ0n) is 14.2. The second-order valence-electron chi connectivity index (χ2n) is 6.43. The molecule has 1 saturated heterocycles. The molecule has 1 fully saturated rings. The van der Waals surface area contributed by atoms with Crippen LogP contribution in [0.2, 0.25) is 0 Å². The molecule has 2 aromatic heterocycles. The average Bonchev–Trinajstić information content (AvgIpc) is 3.17. The van der Waals surface area contributed by atoms with E-state index in [1.807, 2.05) is 35.8 Å². The summed E-state index contributed by atoms with van der Waals surface area (Å²) in [5.74, 6) is 0.795. The van der Waals surface area contributed by atoms with Gasteiger partial charge in [-0.25, -0.2) is 4.98 Å². The standard InChI is InChI=1S/C19H21N3O2S/c1-24-15-5-6-16-13(11-15)10-14(18(23)21-16)12-22-8-3-2-4-17(22)19-20-7-9-25-19/h5-7,9-11,17H,2-4,8,12H2,1H3,(H,21,23)/t17-/m1/s1. The lowest BCUT2D eigenvalue weighted by molar-refractivity contribution is 0.139. The lowest BCUT2D eigenvalue weighted by Gasteiger charge is -2.34. The number of pyridine rings is 1. The largest absolute Gasteiger partial charge is 0.497 e. The zero-order chi connectivity index (χ0) is 17.2. The molecule has 130 valence electrons. The van der Waals surface area contributed by atoms with Gasteiger partial charge in [-0.15, -0.1) is 11.3 Å². The van der Waals surface area contributed by atoms with Crippen molar-refractivity contribution in [2.75, 3.05) is 13.7 Å². The molecule has 1 N–H and O–H groups in total. The number of hydrogen-bond donors (Lipinski definition) is 1. The summed E-state index contributed by atoms with van der Waals surface area (Å²) in [6, 6.07) is 8.02. The summed E-state index contributed by atoms with van der Waals surface area (Å²) in [7, 11) is 1.65. The molecule has 1 atom stereocenters. The first kappa shape index (κ1) is 16.3. The minimum Gasteiger partial charge on any atom is -0.497 e. The number of fused-ring (bicyclic) bond motifs is 1. The summed E-state index contributed by atoms with van der Waals surface area (Å²) in [5, 5.41) is 4.17. The highest BCUT2D eigenvalue weighted by Gasteiger charge is 2.26. The first-order valence-electron chi connectivity index (χ1n) is 8.58. The predicted molar refractivity (Wildman–Crippen MR) is 100 cm³/mol. The Morgan fingerprint density at radius 2 is 2.28 bits per heavy atom. The van der Waals surface area contributed by atoms with E-state index in [0.29, 0.717) is 12.6 Å². The van der Waals surface area contributed by atoms with Gasteiger partial charge in [-0.2, -0.15) is 0 Å². The fourth-order valence-electron chi connectivity index (χ4n) is 3.55. The Balaban J connectivity index is 1.66. The summed E-state index contributed by atoms with van der Waals surface area (Å²) in [6.07, 6.45) is 5.35. The number of nitrogens with one attached hydrogen (secondary N) is 1. The van der Waals surface area contributed by atoms with Crippen molar-refractivity contribution >= 4 is 22.2 Å². The van der Waals surface area contributed by atoms with Crippen molar-refractivity contribution in [1.82, 2.24) is 14.9 Å². The van der Waals surface area contributed by atoms with Crippen LogP contribution in [-0.2, 0) is 6.54 Å². The van der Waals surface area contributed by atoms with Crippen molar-refractivity contribution in [1.29, 1.82) is 0 Å². The van der Waals surface area contributed by atoms with E-state index in [2.05, 4.69) is 14.9 Å². The van der Waals surface area contributed by atoms with Crippen molar-refractivity contribution in [2.24, 2.45) is 0 Å². The second kappa shape index (κ2) is 6.98. The molecule has 0 aliphatic carbocycles. The highest BCUT2D eigenvalue weighted by Crippen LogP contribution is 2.33. The summed E-state index contributed by atoms with van der Waals surface area (Å²) in [5.41, 5.74) is 1.62. The van der Waals surface area contributed by atoms with Gasteiger partial charge in [0.05, 0.1) is 13.2 Å². The number of nitrogens with zero attached hydrogens (tertiary/aromatic N) is 2. The van der Waals surface area contributed by atoms with Gasteiger partial charge in [-0.05, 0) is 43.7 Å². The third-order valence-electron chi connectivity index (χ3n) is 4.85. The first-order chi connectivity index (χ1) is 12.2. The quantitative estimate of drug-likeness (QED) is 0.775. The molecule has 1 aliphatic heterocycles. The van der Waals surface area contributed by atoms with Crippen LogP contribution in [0.5, 0.6) is 5.75 Å². The van der Waals surface area contributed by atoms with Gasteiger partial charge in [0.25, 0.3) is 5.56 Å². The van der Waals surface area contributed by atoms with Crippen LogP contribution in [-0.4, -0.2) is 28.5 Å². The van der Waals surface area contributed by atoms with Gasteiger partial charge in [0.1, 0.15) is 10.8 Å².